The summed E-state index contributed by atoms with van der Waals surface area (Å²) in [4.78, 5) is 17.1. The van der Waals surface area contributed by atoms with Crippen LogP contribution in [0, 0.1) is 6.92 Å². The Morgan fingerprint density at radius 1 is 1.33 bits per heavy atom. The van der Waals surface area contributed by atoms with Crippen LogP contribution in [0.2, 0.25) is 0 Å². The third-order valence-corrected chi connectivity index (χ3v) is 3.20. The van der Waals surface area contributed by atoms with E-state index in [0.717, 1.165) is 24.1 Å². The molecule has 98 valence electrons. The Balaban J connectivity index is 1.70. The number of carbonyl (C=O) groups excluding carboxylic acids is 1. The standard InChI is InChI=1S/C14H20N2O2/c1-11-6-2-5-9-13(11)16-14(17)10-15-18-12-7-3-4-8-12/h2,5-6,9,12,15H,3-4,7-8,10H2,1H3,(H,16,17). The number of benzene rings is 1. The fraction of sp³-hybridized carbons (Fsp3) is 0.500. The lowest BCUT2D eigenvalue weighted by atomic mass is 10.2. The second-order valence-electron chi connectivity index (χ2n) is 4.71. The minimum Gasteiger partial charge on any atom is -0.325 e. The van der Waals surface area contributed by atoms with E-state index in [9.17, 15) is 4.79 Å². The van der Waals surface area contributed by atoms with Gasteiger partial charge in [0, 0.05) is 5.69 Å². The fourth-order valence-electron chi connectivity index (χ4n) is 2.14. The summed E-state index contributed by atoms with van der Waals surface area (Å²) in [5, 5.41) is 2.85. The molecule has 18 heavy (non-hydrogen) atoms. The molecule has 2 N–H and O–H groups in total. The van der Waals surface area contributed by atoms with Gasteiger partial charge in [-0.15, -0.1) is 0 Å². The number of hydrogen-bond donors (Lipinski definition) is 2. The first-order chi connectivity index (χ1) is 8.75. The van der Waals surface area contributed by atoms with Crippen molar-refractivity contribution in [2.24, 2.45) is 0 Å². The van der Waals surface area contributed by atoms with Crippen LogP contribution in [0.3, 0.4) is 0 Å². The van der Waals surface area contributed by atoms with Crippen LogP contribution in [0.5, 0.6) is 0 Å². The highest BCUT2D eigenvalue weighted by Crippen LogP contribution is 2.19. The summed E-state index contributed by atoms with van der Waals surface area (Å²) in [6.07, 6.45) is 4.90. The second kappa shape index (κ2) is 6.52. The van der Waals surface area contributed by atoms with Crippen LogP contribution in [0.4, 0.5) is 5.69 Å². The predicted octanol–water partition coefficient (Wildman–Crippen LogP) is 2.40. The Hall–Kier alpha value is -1.39. The second-order valence-corrected chi connectivity index (χ2v) is 4.71. The quantitative estimate of drug-likeness (QED) is 0.787. The SMILES string of the molecule is Cc1ccccc1NC(=O)CNOC1CCCC1. The van der Waals surface area contributed by atoms with Crippen molar-refractivity contribution >= 4 is 11.6 Å². The molecule has 1 aromatic carbocycles. The summed E-state index contributed by atoms with van der Waals surface area (Å²) in [6.45, 7) is 2.16. The van der Waals surface area contributed by atoms with Crippen LogP contribution in [-0.4, -0.2) is 18.6 Å². The van der Waals surface area contributed by atoms with Gasteiger partial charge in [0.25, 0.3) is 0 Å². The third kappa shape index (κ3) is 3.82. The zero-order valence-corrected chi connectivity index (χ0v) is 10.7. The number of anilines is 1. The van der Waals surface area contributed by atoms with Gasteiger partial charge in [-0.05, 0) is 31.4 Å². The first kappa shape index (κ1) is 13.1. The van der Waals surface area contributed by atoms with Crippen LogP contribution < -0.4 is 10.8 Å². The number of para-hydroxylation sites is 1. The van der Waals surface area contributed by atoms with Crippen molar-refractivity contribution in [3.05, 3.63) is 29.8 Å². The molecule has 1 aliphatic carbocycles. The van der Waals surface area contributed by atoms with Gasteiger partial charge in [-0.1, -0.05) is 31.0 Å². The van der Waals surface area contributed by atoms with E-state index in [0.29, 0.717) is 0 Å². The zero-order chi connectivity index (χ0) is 12.8. The number of carbonyl (C=O) groups is 1. The lowest BCUT2D eigenvalue weighted by Crippen LogP contribution is -2.31. The Morgan fingerprint density at radius 2 is 2.06 bits per heavy atom. The fourth-order valence-corrected chi connectivity index (χ4v) is 2.14. The first-order valence-corrected chi connectivity index (χ1v) is 6.49. The van der Waals surface area contributed by atoms with E-state index in [-0.39, 0.29) is 18.6 Å². The van der Waals surface area contributed by atoms with Gasteiger partial charge < -0.3 is 5.32 Å². The molecule has 1 saturated carbocycles. The molecule has 0 unspecified atom stereocenters. The lowest BCUT2D eigenvalue weighted by Gasteiger charge is -2.12. The molecule has 0 bridgehead atoms. The van der Waals surface area contributed by atoms with E-state index in [1.165, 1.54) is 12.8 Å². The van der Waals surface area contributed by atoms with Crippen molar-refractivity contribution < 1.29 is 9.63 Å². The van der Waals surface area contributed by atoms with Crippen LogP contribution in [-0.2, 0) is 9.63 Å². The van der Waals surface area contributed by atoms with Crippen molar-refractivity contribution in [3.63, 3.8) is 0 Å². The topological polar surface area (TPSA) is 50.4 Å². The molecule has 0 aromatic heterocycles. The Morgan fingerprint density at radius 3 is 2.78 bits per heavy atom. The molecule has 0 spiro atoms. The summed E-state index contributed by atoms with van der Waals surface area (Å²) in [7, 11) is 0. The number of amides is 1. The number of aryl methyl sites for hydroxylation is 1. The normalized spacial score (nSPS) is 15.8. The highest BCUT2D eigenvalue weighted by Gasteiger charge is 2.15. The monoisotopic (exact) mass is 248 g/mol. The molecule has 1 aliphatic rings. The van der Waals surface area contributed by atoms with Crippen molar-refractivity contribution in [2.75, 3.05) is 11.9 Å². The minimum absolute atomic E-state index is 0.0812. The van der Waals surface area contributed by atoms with Crippen LogP contribution in [0.1, 0.15) is 31.2 Å². The molecule has 4 nitrogen and oxygen atoms in total. The maximum atomic E-state index is 11.7. The highest BCUT2D eigenvalue weighted by atomic mass is 16.7. The van der Waals surface area contributed by atoms with Crippen molar-refractivity contribution in [2.45, 2.75) is 38.7 Å². The number of nitrogens with one attached hydrogen (secondary N) is 2. The zero-order valence-electron chi connectivity index (χ0n) is 10.7. The van der Waals surface area contributed by atoms with E-state index in [2.05, 4.69) is 10.8 Å². The van der Waals surface area contributed by atoms with Crippen molar-refractivity contribution in [1.29, 1.82) is 0 Å². The Bertz CT molecular complexity index is 401. The van der Waals surface area contributed by atoms with E-state index < -0.39 is 0 Å². The molecule has 4 heteroatoms. The van der Waals surface area contributed by atoms with Gasteiger partial charge in [0.1, 0.15) is 6.54 Å². The van der Waals surface area contributed by atoms with Crippen LogP contribution in [0.25, 0.3) is 0 Å². The van der Waals surface area contributed by atoms with Gasteiger partial charge in [0.05, 0.1) is 6.10 Å². The van der Waals surface area contributed by atoms with E-state index in [1.807, 2.05) is 31.2 Å². The highest BCUT2D eigenvalue weighted by molar-refractivity contribution is 5.92. The van der Waals surface area contributed by atoms with E-state index in [4.69, 9.17) is 4.84 Å². The lowest BCUT2D eigenvalue weighted by molar-refractivity contribution is -0.119. The van der Waals surface area contributed by atoms with Gasteiger partial charge in [-0.3, -0.25) is 9.63 Å². The van der Waals surface area contributed by atoms with Crippen LogP contribution >= 0.6 is 0 Å². The van der Waals surface area contributed by atoms with Gasteiger partial charge in [0.15, 0.2) is 0 Å². The average Bonchev–Trinajstić information content (AvgIpc) is 2.85. The summed E-state index contributed by atoms with van der Waals surface area (Å²) >= 11 is 0. The smallest absolute Gasteiger partial charge is 0.240 e. The molecule has 0 heterocycles. The molecule has 0 saturated heterocycles. The molecule has 2 rings (SSSR count). The summed E-state index contributed by atoms with van der Waals surface area (Å²) in [6, 6.07) is 7.72. The van der Waals surface area contributed by atoms with Crippen molar-refractivity contribution in [1.82, 2.24) is 5.48 Å². The summed E-state index contributed by atoms with van der Waals surface area (Å²) < 4.78 is 0. The van der Waals surface area contributed by atoms with Gasteiger partial charge in [0.2, 0.25) is 5.91 Å². The van der Waals surface area contributed by atoms with Gasteiger partial charge >= 0.3 is 0 Å². The van der Waals surface area contributed by atoms with Crippen molar-refractivity contribution in [3.8, 4) is 0 Å². The molecule has 0 radical (unpaired) electrons. The maximum absolute atomic E-state index is 11.7. The van der Waals surface area contributed by atoms with E-state index in [1.54, 1.807) is 0 Å². The van der Waals surface area contributed by atoms with Crippen LogP contribution in [0.15, 0.2) is 24.3 Å². The maximum Gasteiger partial charge on any atom is 0.240 e. The van der Waals surface area contributed by atoms with Gasteiger partial charge in [-0.25, -0.2) is 0 Å². The third-order valence-electron chi connectivity index (χ3n) is 3.20. The molecule has 1 aromatic rings. The number of rotatable bonds is 5. The molecule has 1 amide bonds. The molecule has 0 aliphatic heterocycles. The number of hydrogen-bond acceptors (Lipinski definition) is 3. The summed E-state index contributed by atoms with van der Waals surface area (Å²) in [5.41, 5.74) is 4.66. The minimum atomic E-state index is -0.0812. The predicted molar refractivity (Wildman–Crippen MR) is 71.2 cm³/mol. The molecule has 1 fully saturated rings. The summed E-state index contributed by atoms with van der Waals surface area (Å²) in [5.74, 6) is -0.0812. The Kier molecular flexibility index (Phi) is 4.73. The molecule has 0 atom stereocenters. The average molecular weight is 248 g/mol. The first-order valence-electron chi connectivity index (χ1n) is 6.49. The molecular weight excluding hydrogens is 228 g/mol. The largest absolute Gasteiger partial charge is 0.325 e. The number of hydroxylamine groups is 1. The Labute approximate surface area is 108 Å². The van der Waals surface area contributed by atoms with E-state index >= 15 is 0 Å². The van der Waals surface area contributed by atoms with Gasteiger partial charge in [-0.2, -0.15) is 5.48 Å². The molecular formula is C14H20N2O2.